The van der Waals surface area contributed by atoms with Crippen LogP contribution in [0, 0.1) is 13.8 Å². The lowest BCUT2D eigenvalue weighted by Crippen LogP contribution is -2.22. The molecule has 0 aliphatic rings. The zero-order valence-corrected chi connectivity index (χ0v) is 18.7. The van der Waals surface area contributed by atoms with E-state index >= 15 is 0 Å². The lowest BCUT2D eigenvalue weighted by atomic mass is 10.0. The zero-order chi connectivity index (χ0) is 22.8. The Balaban J connectivity index is 1.60. The summed E-state index contributed by atoms with van der Waals surface area (Å²) in [5, 5.41) is 11.0. The van der Waals surface area contributed by atoms with Gasteiger partial charge in [0.05, 0.1) is 28.7 Å². The highest BCUT2D eigenvalue weighted by Gasteiger charge is 2.19. The van der Waals surface area contributed by atoms with Crippen molar-refractivity contribution in [2.75, 3.05) is 19.0 Å². The van der Waals surface area contributed by atoms with Gasteiger partial charge in [-0.1, -0.05) is 29.4 Å². The van der Waals surface area contributed by atoms with Gasteiger partial charge >= 0.3 is 0 Å². The van der Waals surface area contributed by atoms with Crippen LogP contribution >= 0.6 is 0 Å². The smallest absolute Gasteiger partial charge is 0.254 e. The van der Waals surface area contributed by atoms with E-state index in [9.17, 15) is 4.79 Å². The molecule has 1 amide bonds. The molecule has 0 unspecified atom stereocenters. The third-order valence-corrected chi connectivity index (χ3v) is 5.23. The van der Waals surface area contributed by atoms with Crippen molar-refractivity contribution in [1.82, 2.24) is 30.2 Å². The van der Waals surface area contributed by atoms with Crippen LogP contribution in [0.5, 0.6) is 0 Å². The summed E-state index contributed by atoms with van der Waals surface area (Å²) >= 11 is 0. The lowest BCUT2D eigenvalue weighted by molar-refractivity contribution is 0.0951. The number of hydrogen-bond acceptors (Lipinski definition) is 7. The van der Waals surface area contributed by atoms with Crippen molar-refractivity contribution in [1.29, 1.82) is 0 Å². The number of amides is 1. The van der Waals surface area contributed by atoms with Crippen molar-refractivity contribution < 1.29 is 9.32 Å². The van der Waals surface area contributed by atoms with Crippen molar-refractivity contribution in [3.8, 4) is 22.6 Å². The van der Waals surface area contributed by atoms with Gasteiger partial charge in [0.25, 0.3) is 5.91 Å². The molecule has 0 saturated carbocycles. The second-order valence-corrected chi connectivity index (χ2v) is 7.83. The molecule has 4 aromatic rings. The van der Waals surface area contributed by atoms with Crippen LogP contribution in [-0.2, 0) is 13.6 Å². The van der Waals surface area contributed by atoms with Gasteiger partial charge in [0, 0.05) is 51.2 Å². The molecule has 0 radical (unpaired) electrons. The molecule has 0 saturated heterocycles. The van der Waals surface area contributed by atoms with E-state index < -0.39 is 0 Å². The summed E-state index contributed by atoms with van der Waals surface area (Å²) in [6.45, 7) is 4.29. The Morgan fingerprint density at radius 3 is 2.50 bits per heavy atom. The van der Waals surface area contributed by atoms with Crippen molar-refractivity contribution in [2.45, 2.75) is 20.4 Å². The molecule has 0 bridgehead atoms. The van der Waals surface area contributed by atoms with E-state index in [1.807, 2.05) is 57.1 Å². The molecule has 9 nitrogen and oxygen atoms in total. The van der Waals surface area contributed by atoms with Crippen LogP contribution in [0.4, 0.5) is 5.95 Å². The predicted molar refractivity (Wildman–Crippen MR) is 121 cm³/mol. The molecule has 1 N–H and O–H groups in total. The van der Waals surface area contributed by atoms with E-state index in [1.165, 1.54) is 0 Å². The average Bonchev–Trinajstić information content (AvgIpc) is 3.37. The van der Waals surface area contributed by atoms with E-state index in [1.54, 1.807) is 30.3 Å². The SMILES string of the molecule is Cc1noc(-c2cnc(N(C)C)nc2-c2ccc(CNC(=O)c3cnn(C)c3)cc2)c1C. The Labute approximate surface area is 186 Å². The first kappa shape index (κ1) is 21.2. The Kier molecular flexibility index (Phi) is 5.72. The molecule has 0 atom stereocenters. The van der Waals surface area contributed by atoms with Crippen molar-refractivity contribution in [2.24, 2.45) is 7.05 Å². The number of rotatable bonds is 6. The van der Waals surface area contributed by atoms with Gasteiger partial charge in [0.15, 0.2) is 5.76 Å². The average molecular weight is 432 g/mol. The minimum absolute atomic E-state index is 0.160. The van der Waals surface area contributed by atoms with E-state index in [-0.39, 0.29) is 5.91 Å². The van der Waals surface area contributed by atoms with Gasteiger partial charge < -0.3 is 14.7 Å². The molecule has 3 heterocycles. The standard InChI is InChI=1S/C23H25N7O2/c1-14-15(2)28-32-21(14)19-12-25-23(29(3)4)27-20(19)17-8-6-16(7-9-17)10-24-22(31)18-11-26-30(5)13-18/h6-9,11-13H,10H2,1-5H3,(H,24,31). The molecule has 1 aromatic carbocycles. The Bertz CT molecular complexity index is 1260. The predicted octanol–water partition coefficient (Wildman–Crippen LogP) is 3.14. The van der Waals surface area contributed by atoms with Gasteiger partial charge in [-0.3, -0.25) is 9.48 Å². The topological polar surface area (TPSA) is 102 Å². The van der Waals surface area contributed by atoms with Gasteiger partial charge in [-0.05, 0) is 19.4 Å². The maximum absolute atomic E-state index is 12.3. The molecule has 0 aliphatic carbocycles. The minimum atomic E-state index is -0.160. The number of carbonyl (C=O) groups is 1. The molecule has 0 aliphatic heterocycles. The molecule has 32 heavy (non-hydrogen) atoms. The van der Waals surface area contributed by atoms with Crippen LogP contribution in [0.2, 0.25) is 0 Å². The molecule has 4 rings (SSSR count). The molecule has 9 heteroatoms. The fraction of sp³-hybridized carbons (Fsp3) is 0.261. The Hall–Kier alpha value is -4.01. The highest BCUT2D eigenvalue weighted by Crippen LogP contribution is 2.34. The number of hydrogen-bond donors (Lipinski definition) is 1. The van der Waals surface area contributed by atoms with E-state index in [4.69, 9.17) is 9.51 Å². The second-order valence-electron chi connectivity index (χ2n) is 7.83. The van der Waals surface area contributed by atoms with Crippen LogP contribution in [0.3, 0.4) is 0 Å². The summed E-state index contributed by atoms with van der Waals surface area (Å²) < 4.78 is 7.18. The molecule has 3 aromatic heterocycles. The summed E-state index contributed by atoms with van der Waals surface area (Å²) in [5.41, 5.74) is 5.76. The fourth-order valence-electron chi connectivity index (χ4n) is 3.24. The van der Waals surface area contributed by atoms with Gasteiger partial charge in [-0.2, -0.15) is 5.10 Å². The van der Waals surface area contributed by atoms with Crippen molar-refractivity contribution in [3.05, 3.63) is 65.2 Å². The van der Waals surface area contributed by atoms with Crippen LogP contribution in [0.15, 0.2) is 47.4 Å². The third-order valence-electron chi connectivity index (χ3n) is 5.23. The monoisotopic (exact) mass is 431 g/mol. The fourth-order valence-corrected chi connectivity index (χ4v) is 3.24. The Morgan fingerprint density at radius 2 is 1.91 bits per heavy atom. The first-order chi connectivity index (χ1) is 15.3. The van der Waals surface area contributed by atoms with Gasteiger partial charge in [-0.25, -0.2) is 9.97 Å². The van der Waals surface area contributed by atoms with Crippen molar-refractivity contribution in [3.63, 3.8) is 0 Å². The summed E-state index contributed by atoms with van der Waals surface area (Å²) in [6, 6.07) is 7.90. The van der Waals surface area contributed by atoms with Gasteiger partial charge in [0.1, 0.15) is 0 Å². The molecular formula is C23H25N7O2. The van der Waals surface area contributed by atoms with Crippen molar-refractivity contribution >= 4 is 11.9 Å². The maximum atomic E-state index is 12.3. The second kappa shape index (κ2) is 8.62. The number of anilines is 1. The molecule has 0 spiro atoms. The minimum Gasteiger partial charge on any atom is -0.356 e. The van der Waals surface area contributed by atoms with E-state index in [0.29, 0.717) is 23.8 Å². The summed E-state index contributed by atoms with van der Waals surface area (Å²) in [5.74, 6) is 1.10. The highest BCUT2D eigenvalue weighted by molar-refractivity contribution is 5.93. The quantitative estimate of drug-likeness (QED) is 0.500. The largest absolute Gasteiger partial charge is 0.356 e. The van der Waals surface area contributed by atoms with Gasteiger partial charge in [-0.15, -0.1) is 0 Å². The summed E-state index contributed by atoms with van der Waals surface area (Å²) in [7, 11) is 5.58. The number of nitrogens with zero attached hydrogens (tertiary/aromatic N) is 6. The molecular weight excluding hydrogens is 406 g/mol. The summed E-state index contributed by atoms with van der Waals surface area (Å²) in [4.78, 5) is 23.3. The number of nitrogens with one attached hydrogen (secondary N) is 1. The Morgan fingerprint density at radius 1 is 1.16 bits per heavy atom. The van der Waals surface area contributed by atoms with Crippen LogP contribution < -0.4 is 10.2 Å². The maximum Gasteiger partial charge on any atom is 0.254 e. The third kappa shape index (κ3) is 4.22. The van der Waals surface area contributed by atoms with E-state index in [0.717, 1.165) is 33.6 Å². The lowest BCUT2D eigenvalue weighted by Gasteiger charge is -2.14. The van der Waals surface area contributed by atoms with Gasteiger partial charge in [0.2, 0.25) is 5.95 Å². The molecule has 0 fully saturated rings. The van der Waals surface area contributed by atoms with Crippen LogP contribution in [0.25, 0.3) is 22.6 Å². The van der Waals surface area contributed by atoms with E-state index in [2.05, 4.69) is 20.6 Å². The zero-order valence-electron chi connectivity index (χ0n) is 18.7. The number of benzene rings is 1. The first-order valence-corrected chi connectivity index (χ1v) is 10.2. The number of carbonyl (C=O) groups excluding carboxylic acids is 1. The highest BCUT2D eigenvalue weighted by atomic mass is 16.5. The number of aryl methyl sites for hydroxylation is 2. The number of aromatic nitrogens is 5. The van der Waals surface area contributed by atoms with Crippen LogP contribution in [0.1, 0.15) is 27.2 Å². The molecule has 164 valence electrons. The van der Waals surface area contributed by atoms with Crippen LogP contribution in [-0.4, -0.2) is 44.9 Å². The first-order valence-electron chi connectivity index (χ1n) is 10.2. The summed E-state index contributed by atoms with van der Waals surface area (Å²) in [6.07, 6.45) is 5.00. The normalized spacial score (nSPS) is 10.9.